The third-order valence-corrected chi connectivity index (χ3v) is 3.56. The molecule has 0 atom stereocenters. The van der Waals surface area contributed by atoms with Crippen molar-refractivity contribution in [3.63, 3.8) is 0 Å². The summed E-state index contributed by atoms with van der Waals surface area (Å²) in [5.41, 5.74) is 1.81. The fourth-order valence-corrected chi connectivity index (χ4v) is 2.16. The molecule has 0 aliphatic heterocycles. The van der Waals surface area contributed by atoms with Crippen LogP contribution in [0.2, 0.25) is 0 Å². The van der Waals surface area contributed by atoms with Crippen LogP contribution in [0.1, 0.15) is 15.9 Å². The van der Waals surface area contributed by atoms with Crippen LogP contribution in [0.4, 0.5) is 5.69 Å². The highest BCUT2D eigenvalue weighted by Gasteiger charge is 2.12. The van der Waals surface area contributed by atoms with E-state index < -0.39 is 0 Å². The largest absolute Gasteiger partial charge is 0.508 e. The van der Waals surface area contributed by atoms with Gasteiger partial charge in [0.1, 0.15) is 11.5 Å². The van der Waals surface area contributed by atoms with Crippen LogP contribution in [0.3, 0.4) is 0 Å². The molecule has 0 saturated heterocycles. The van der Waals surface area contributed by atoms with E-state index in [1.807, 2.05) is 0 Å². The average Bonchev–Trinajstić information content (AvgIpc) is 2.43. The minimum Gasteiger partial charge on any atom is -0.508 e. The Morgan fingerprint density at radius 3 is 2.65 bits per heavy atom. The van der Waals surface area contributed by atoms with Gasteiger partial charge in [0.25, 0.3) is 5.91 Å². The monoisotopic (exact) mass is 335 g/mol. The minimum absolute atomic E-state index is 0.200. The van der Waals surface area contributed by atoms with Gasteiger partial charge in [0.15, 0.2) is 0 Å². The summed E-state index contributed by atoms with van der Waals surface area (Å²) in [6.07, 6.45) is 0. The number of halogens is 1. The van der Waals surface area contributed by atoms with Gasteiger partial charge in [-0.3, -0.25) is 4.79 Å². The number of carbonyl (C=O) groups excluding carboxylic acids is 1. The lowest BCUT2D eigenvalue weighted by atomic mass is 10.1. The standard InChI is InChI=1S/C15H14BrNO3/c1-9-7-10(3-6-14(9)18)17-15(19)12-8-11(20-2)4-5-13(12)16/h3-8,18H,1-2H3,(H,17,19). The molecule has 2 rings (SSSR count). The predicted molar refractivity (Wildman–Crippen MR) is 81.5 cm³/mol. The molecule has 0 radical (unpaired) electrons. The van der Waals surface area contributed by atoms with Crippen LogP contribution < -0.4 is 10.1 Å². The lowest BCUT2D eigenvalue weighted by Gasteiger charge is -2.09. The van der Waals surface area contributed by atoms with Crippen molar-refractivity contribution in [1.82, 2.24) is 0 Å². The number of phenolic OH excluding ortho intramolecular Hbond substituents is 1. The molecule has 5 heteroatoms. The molecule has 2 aromatic rings. The fraction of sp³-hybridized carbons (Fsp3) is 0.133. The number of ether oxygens (including phenoxy) is 1. The van der Waals surface area contributed by atoms with E-state index in [-0.39, 0.29) is 11.7 Å². The molecule has 0 heterocycles. The quantitative estimate of drug-likeness (QED) is 0.840. The van der Waals surface area contributed by atoms with Crippen LogP contribution in [0.25, 0.3) is 0 Å². The number of anilines is 1. The normalized spacial score (nSPS) is 10.2. The number of phenols is 1. The Kier molecular flexibility index (Phi) is 4.29. The maximum absolute atomic E-state index is 12.2. The number of nitrogens with one attached hydrogen (secondary N) is 1. The van der Waals surface area contributed by atoms with Gasteiger partial charge in [-0.2, -0.15) is 0 Å². The molecule has 0 unspecified atom stereocenters. The van der Waals surface area contributed by atoms with E-state index in [2.05, 4.69) is 21.2 Å². The fourth-order valence-electron chi connectivity index (χ4n) is 1.74. The SMILES string of the molecule is COc1ccc(Br)c(C(=O)Nc2ccc(O)c(C)c2)c1. The number of rotatable bonds is 3. The third-order valence-electron chi connectivity index (χ3n) is 2.87. The highest BCUT2D eigenvalue weighted by molar-refractivity contribution is 9.10. The van der Waals surface area contributed by atoms with Crippen LogP contribution in [-0.2, 0) is 0 Å². The van der Waals surface area contributed by atoms with E-state index in [1.165, 1.54) is 0 Å². The number of carbonyl (C=O) groups is 1. The summed E-state index contributed by atoms with van der Waals surface area (Å²) >= 11 is 3.34. The van der Waals surface area contributed by atoms with E-state index in [0.29, 0.717) is 27.0 Å². The van der Waals surface area contributed by atoms with Gasteiger partial charge < -0.3 is 15.2 Å². The second kappa shape index (κ2) is 5.96. The number of hydrogen-bond donors (Lipinski definition) is 2. The van der Waals surface area contributed by atoms with Crippen LogP contribution in [0.15, 0.2) is 40.9 Å². The summed E-state index contributed by atoms with van der Waals surface area (Å²) in [7, 11) is 1.55. The highest BCUT2D eigenvalue weighted by Crippen LogP contribution is 2.25. The zero-order valence-corrected chi connectivity index (χ0v) is 12.7. The second-order valence-corrected chi connectivity index (χ2v) is 5.16. The molecule has 0 spiro atoms. The van der Waals surface area contributed by atoms with Gasteiger partial charge in [0.2, 0.25) is 0 Å². The first kappa shape index (κ1) is 14.4. The summed E-state index contributed by atoms with van der Waals surface area (Å²) in [4.78, 5) is 12.2. The number of aryl methyl sites for hydroxylation is 1. The number of methoxy groups -OCH3 is 1. The van der Waals surface area contributed by atoms with Crippen molar-refractivity contribution in [1.29, 1.82) is 0 Å². The molecule has 0 aromatic heterocycles. The van der Waals surface area contributed by atoms with Crippen molar-refractivity contribution in [2.75, 3.05) is 12.4 Å². The zero-order chi connectivity index (χ0) is 14.7. The smallest absolute Gasteiger partial charge is 0.256 e. The molecule has 2 aromatic carbocycles. The summed E-state index contributed by atoms with van der Waals surface area (Å²) in [6.45, 7) is 1.77. The van der Waals surface area contributed by atoms with Crippen molar-refractivity contribution in [2.45, 2.75) is 6.92 Å². The van der Waals surface area contributed by atoms with Gasteiger partial charge in [0, 0.05) is 10.2 Å². The van der Waals surface area contributed by atoms with Crippen molar-refractivity contribution >= 4 is 27.5 Å². The Labute approximate surface area is 125 Å². The Hall–Kier alpha value is -2.01. The first-order valence-corrected chi connectivity index (χ1v) is 6.75. The maximum atomic E-state index is 12.2. The molecule has 0 bridgehead atoms. The van der Waals surface area contributed by atoms with Crippen molar-refractivity contribution in [3.8, 4) is 11.5 Å². The van der Waals surface area contributed by atoms with Crippen molar-refractivity contribution in [2.24, 2.45) is 0 Å². The minimum atomic E-state index is -0.249. The lowest BCUT2D eigenvalue weighted by Crippen LogP contribution is -2.12. The molecule has 2 N–H and O–H groups in total. The lowest BCUT2D eigenvalue weighted by molar-refractivity contribution is 0.102. The van der Waals surface area contributed by atoms with Crippen molar-refractivity contribution in [3.05, 3.63) is 52.0 Å². The van der Waals surface area contributed by atoms with Crippen LogP contribution >= 0.6 is 15.9 Å². The van der Waals surface area contributed by atoms with Crippen molar-refractivity contribution < 1.29 is 14.6 Å². The van der Waals surface area contributed by atoms with Gasteiger partial charge in [-0.05, 0) is 64.8 Å². The summed E-state index contributed by atoms with van der Waals surface area (Å²) in [5.74, 6) is 0.562. The van der Waals surface area contributed by atoms with E-state index in [9.17, 15) is 9.90 Å². The summed E-state index contributed by atoms with van der Waals surface area (Å²) in [6, 6.07) is 10.1. The van der Waals surface area contributed by atoms with Gasteiger partial charge in [-0.25, -0.2) is 0 Å². The zero-order valence-electron chi connectivity index (χ0n) is 11.1. The summed E-state index contributed by atoms with van der Waals surface area (Å²) in [5, 5.41) is 12.3. The average molecular weight is 336 g/mol. The predicted octanol–water partition coefficient (Wildman–Crippen LogP) is 3.72. The Morgan fingerprint density at radius 2 is 2.00 bits per heavy atom. The van der Waals surface area contributed by atoms with Gasteiger partial charge in [0.05, 0.1) is 12.7 Å². The molecule has 20 heavy (non-hydrogen) atoms. The molecular weight excluding hydrogens is 322 g/mol. The first-order chi connectivity index (χ1) is 9.51. The van der Waals surface area contributed by atoms with Gasteiger partial charge in [-0.15, -0.1) is 0 Å². The Morgan fingerprint density at radius 1 is 1.25 bits per heavy atom. The second-order valence-electron chi connectivity index (χ2n) is 4.30. The number of hydrogen-bond acceptors (Lipinski definition) is 3. The van der Waals surface area contributed by atoms with E-state index in [4.69, 9.17) is 4.74 Å². The third kappa shape index (κ3) is 3.11. The maximum Gasteiger partial charge on any atom is 0.256 e. The number of amides is 1. The van der Waals surface area contributed by atoms with Crippen LogP contribution in [0.5, 0.6) is 11.5 Å². The number of benzene rings is 2. The Balaban J connectivity index is 2.25. The molecule has 0 saturated carbocycles. The Bertz CT molecular complexity index is 656. The molecule has 0 aliphatic rings. The molecule has 104 valence electrons. The highest BCUT2D eigenvalue weighted by atomic mass is 79.9. The van der Waals surface area contributed by atoms with Gasteiger partial charge in [-0.1, -0.05) is 0 Å². The molecule has 4 nitrogen and oxygen atoms in total. The van der Waals surface area contributed by atoms with Gasteiger partial charge >= 0.3 is 0 Å². The van der Waals surface area contributed by atoms with E-state index in [0.717, 1.165) is 0 Å². The number of aromatic hydroxyl groups is 1. The summed E-state index contributed by atoms with van der Waals surface area (Å²) < 4.78 is 5.80. The van der Waals surface area contributed by atoms with E-state index >= 15 is 0 Å². The molecular formula is C15H14BrNO3. The molecule has 0 aliphatic carbocycles. The molecule has 1 amide bonds. The molecule has 0 fully saturated rings. The van der Waals surface area contributed by atoms with Crippen LogP contribution in [0, 0.1) is 6.92 Å². The van der Waals surface area contributed by atoms with E-state index in [1.54, 1.807) is 50.4 Å². The topological polar surface area (TPSA) is 58.6 Å². The first-order valence-electron chi connectivity index (χ1n) is 5.96. The van der Waals surface area contributed by atoms with Crippen LogP contribution in [-0.4, -0.2) is 18.1 Å².